The molecule has 104 valence electrons. The van der Waals surface area contributed by atoms with Crippen molar-refractivity contribution in [3.8, 4) is 11.5 Å². The minimum atomic E-state index is -0.166. The first-order valence-corrected chi connectivity index (χ1v) is 7.09. The number of hydrogen-bond donors (Lipinski definition) is 1. The van der Waals surface area contributed by atoms with Gasteiger partial charge in [-0.05, 0) is 64.5 Å². The van der Waals surface area contributed by atoms with Gasteiger partial charge in [0, 0.05) is 11.3 Å². The smallest absolute Gasteiger partial charge is 0.255 e. The SMILES string of the molecule is COc1ccc(NC(=O)c2ccc(OCBr)cc2)cc1. The molecule has 0 saturated carbocycles. The number of rotatable bonds is 5. The molecule has 0 aromatic heterocycles. The highest BCUT2D eigenvalue weighted by atomic mass is 79.9. The van der Waals surface area contributed by atoms with Crippen LogP contribution in [0.1, 0.15) is 10.4 Å². The Bertz CT molecular complexity index is 567. The third-order valence-electron chi connectivity index (χ3n) is 2.69. The minimum Gasteiger partial charge on any atom is -0.497 e. The molecule has 1 amide bonds. The maximum absolute atomic E-state index is 12.0. The lowest BCUT2D eigenvalue weighted by Crippen LogP contribution is -2.11. The molecule has 0 aliphatic rings. The summed E-state index contributed by atoms with van der Waals surface area (Å²) in [6.45, 7) is 0. The normalized spacial score (nSPS) is 9.90. The second kappa shape index (κ2) is 6.96. The maximum Gasteiger partial charge on any atom is 0.255 e. The molecule has 2 aromatic carbocycles. The van der Waals surface area contributed by atoms with Gasteiger partial charge < -0.3 is 14.8 Å². The Labute approximate surface area is 125 Å². The lowest BCUT2D eigenvalue weighted by molar-refractivity contribution is 0.102. The van der Waals surface area contributed by atoms with Crippen LogP contribution in [0, 0.1) is 0 Å². The van der Waals surface area contributed by atoms with E-state index in [1.54, 1.807) is 55.6 Å². The lowest BCUT2D eigenvalue weighted by Gasteiger charge is -2.07. The van der Waals surface area contributed by atoms with Crippen LogP contribution in [0.2, 0.25) is 0 Å². The van der Waals surface area contributed by atoms with E-state index < -0.39 is 0 Å². The Morgan fingerprint density at radius 1 is 1.05 bits per heavy atom. The van der Waals surface area contributed by atoms with E-state index in [1.807, 2.05) is 0 Å². The number of alkyl halides is 1. The molecule has 0 aliphatic heterocycles. The van der Waals surface area contributed by atoms with Gasteiger partial charge in [0.2, 0.25) is 0 Å². The largest absolute Gasteiger partial charge is 0.497 e. The highest BCUT2D eigenvalue weighted by Gasteiger charge is 2.06. The number of carbonyl (C=O) groups is 1. The van der Waals surface area contributed by atoms with Crippen molar-refractivity contribution in [1.82, 2.24) is 0 Å². The van der Waals surface area contributed by atoms with E-state index in [-0.39, 0.29) is 5.91 Å². The predicted molar refractivity (Wildman–Crippen MR) is 81.8 cm³/mol. The Balaban J connectivity index is 2.03. The van der Waals surface area contributed by atoms with Crippen LogP contribution in [-0.2, 0) is 0 Å². The zero-order chi connectivity index (χ0) is 14.4. The first-order chi connectivity index (χ1) is 9.72. The molecule has 0 bridgehead atoms. The standard InChI is InChI=1S/C15H14BrNO3/c1-19-13-8-4-12(5-9-13)17-15(18)11-2-6-14(7-3-11)20-10-16/h2-9H,10H2,1H3,(H,17,18). The van der Waals surface area contributed by atoms with E-state index in [0.717, 1.165) is 11.4 Å². The van der Waals surface area contributed by atoms with Crippen molar-refractivity contribution in [2.45, 2.75) is 0 Å². The molecule has 0 unspecified atom stereocenters. The molecule has 5 heteroatoms. The summed E-state index contributed by atoms with van der Waals surface area (Å²) in [5.74, 6) is 1.29. The van der Waals surface area contributed by atoms with E-state index in [0.29, 0.717) is 16.8 Å². The Morgan fingerprint density at radius 2 is 1.65 bits per heavy atom. The van der Waals surface area contributed by atoms with Crippen LogP contribution in [0.4, 0.5) is 5.69 Å². The summed E-state index contributed by atoms with van der Waals surface area (Å²) in [7, 11) is 1.60. The van der Waals surface area contributed by atoms with Gasteiger partial charge in [0.05, 0.1) is 7.11 Å². The number of nitrogens with one attached hydrogen (secondary N) is 1. The quantitative estimate of drug-likeness (QED) is 0.848. The molecule has 0 atom stereocenters. The zero-order valence-electron chi connectivity index (χ0n) is 10.9. The zero-order valence-corrected chi connectivity index (χ0v) is 12.5. The molecule has 0 heterocycles. The van der Waals surface area contributed by atoms with Crippen LogP contribution in [0.15, 0.2) is 48.5 Å². The summed E-state index contributed by atoms with van der Waals surface area (Å²) in [4.78, 5) is 12.0. The summed E-state index contributed by atoms with van der Waals surface area (Å²) < 4.78 is 10.3. The van der Waals surface area contributed by atoms with Gasteiger partial charge in [-0.25, -0.2) is 0 Å². The van der Waals surface area contributed by atoms with Gasteiger partial charge in [0.15, 0.2) is 0 Å². The molecule has 0 fully saturated rings. The van der Waals surface area contributed by atoms with Crippen LogP contribution in [0.3, 0.4) is 0 Å². The van der Waals surface area contributed by atoms with Crippen molar-refractivity contribution >= 4 is 27.5 Å². The summed E-state index contributed by atoms with van der Waals surface area (Å²) in [5.41, 5.74) is 1.71. The number of anilines is 1. The van der Waals surface area contributed by atoms with E-state index >= 15 is 0 Å². The number of ether oxygens (including phenoxy) is 2. The van der Waals surface area contributed by atoms with E-state index in [9.17, 15) is 4.79 Å². The molecule has 4 nitrogen and oxygen atoms in total. The number of carbonyl (C=O) groups excluding carboxylic acids is 1. The predicted octanol–water partition coefficient (Wildman–Crippen LogP) is 3.68. The first kappa shape index (κ1) is 14.4. The molecule has 2 rings (SSSR count). The molecule has 20 heavy (non-hydrogen) atoms. The van der Waals surface area contributed by atoms with Crippen molar-refractivity contribution in [2.24, 2.45) is 0 Å². The average Bonchev–Trinajstić information content (AvgIpc) is 2.49. The molecule has 1 N–H and O–H groups in total. The monoisotopic (exact) mass is 335 g/mol. The summed E-state index contributed by atoms with van der Waals surface area (Å²) in [6, 6.07) is 14.1. The van der Waals surface area contributed by atoms with Crippen LogP contribution in [0.25, 0.3) is 0 Å². The summed E-state index contributed by atoms with van der Waals surface area (Å²) >= 11 is 3.18. The molecule has 0 radical (unpaired) electrons. The summed E-state index contributed by atoms with van der Waals surface area (Å²) in [6.07, 6.45) is 0. The number of methoxy groups -OCH3 is 1. The van der Waals surface area contributed by atoms with Crippen LogP contribution in [-0.4, -0.2) is 18.5 Å². The van der Waals surface area contributed by atoms with Crippen LogP contribution in [0.5, 0.6) is 11.5 Å². The van der Waals surface area contributed by atoms with Gasteiger partial charge >= 0.3 is 0 Å². The third-order valence-corrected chi connectivity index (χ3v) is 2.91. The van der Waals surface area contributed by atoms with E-state index in [2.05, 4.69) is 21.2 Å². The lowest BCUT2D eigenvalue weighted by atomic mass is 10.2. The van der Waals surface area contributed by atoms with Gasteiger partial charge in [-0.2, -0.15) is 0 Å². The number of halogens is 1. The summed E-state index contributed by atoms with van der Waals surface area (Å²) in [5, 5.41) is 2.82. The Hall–Kier alpha value is -2.01. The van der Waals surface area contributed by atoms with Crippen molar-refractivity contribution in [1.29, 1.82) is 0 Å². The fraction of sp³-hybridized carbons (Fsp3) is 0.133. The van der Waals surface area contributed by atoms with E-state index in [1.165, 1.54) is 0 Å². The molecule has 0 spiro atoms. The fourth-order valence-corrected chi connectivity index (χ4v) is 1.91. The van der Waals surface area contributed by atoms with Crippen LogP contribution >= 0.6 is 15.9 Å². The molecule has 2 aromatic rings. The fourth-order valence-electron chi connectivity index (χ4n) is 1.64. The Morgan fingerprint density at radius 3 is 2.20 bits per heavy atom. The highest BCUT2D eigenvalue weighted by Crippen LogP contribution is 2.17. The third kappa shape index (κ3) is 3.74. The molecule has 0 aliphatic carbocycles. The van der Waals surface area contributed by atoms with Gasteiger partial charge in [-0.3, -0.25) is 4.79 Å². The molecular formula is C15H14BrNO3. The topological polar surface area (TPSA) is 47.6 Å². The molecular weight excluding hydrogens is 322 g/mol. The second-order valence-electron chi connectivity index (χ2n) is 3.96. The highest BCUT2D eigenvalue weighted by molar-refractivity contribution is 9.09. The number of hydrogen-bond acceptors (Lipinski definition) is 3. The van der Waals surface area contributed by atoms with Crippen LogP contribution < -0.4 is 14.8 Å². The van der Waals surface area contributed by atoms with Crippen molar-refractivity contribution in [2.75, 3.05) is 17.9 Å². The Kier molecular flexibility index (Phi) is 5.01. The van der Waals surface area contributed by atoms with Gasteiger partial charge in [0.25, 0.3) is 5.91 Å². The maximum atomic E-state index is 12.0. The number of benzene rings is 2. The van der Waals surface area contributed by atoms with Crippen molar-refractivity contribution in [3.63, 3.8) is 0 Å². The van der Waals surface area contributed by atoms with Gasteiger partial charge in [-0.15, -0.1) is 0 Å². The average molecular weight is 336 g/mol. The minimum absolute atomic E-state index is 0.166. The molecule has 0 saturated heterocycles. The van der Waals surface area contributed by atoms with E-state index in [4.69, 9.17) is 9.47 Å². The van der Waals surface area contributed by atoms with Gasteiger partial charge in [0.1, 0.15) is 17.0 Å². The second-order valence-corrected chi connectivity index (χ2v) is 4.42. The first-order valence-electron chi connectivity index (χ1n) is 5.97. The number of amides is 1. The van der Waals surface area contributed by atoms with Gasteiger partial charge in [-0.1, -0.05) is 0 Å². The van der Waals surface area contributed by atoms with Crippen molar-refractivity contribution < 1.29 is 14.3 Å². The van der Waals surface area contributed by atoms with Crippen molar-refractivity contribution in [3.05, 3.63) is 54.1 Å².